The van der Waals surface area contributed by atoms with Crippen LogP contribution in [0.5, 0.6) is 0 Å². The number of likely N-dealkylation sites (N-methyl/N-ethyl adjacent to an activating group) is 1. The van der Waals surface area contributed by atoms with Crippen molar-refractivity contribution in [3.05, 3.63) is 0 Å². The largest absolute Gasteiger partial charge is 0.379 e. The monoisotopic (exact) mass is 315 g/mol. The summed E-state index contributed by atoms with van der Waals surface area (Å²) in [7, 11) is 1.86. The smallest absolute Gasteiger partial charge is 0.0783 e. The third-order valence-corrected chi connectivity index (χ3v) is 6.20. The second-order valence-electron chi connectivity index (χ2n) is 7.69. The molecular formula is C17H33NO2S. The van der Waals surface area contributed by atoms with Gasteiger partial charge in [-0.3, -0.25) is 0 Å². The molecule has 3 nitrogen and oxygen atoms in total. The summed E-state index contributed by atoms with van der Waals surface area (Å²) >= 11 is 2.05. The minimum Gasteiger partial charge on any atom is -0.379 e. The Bertz CT molecular complexity index is 323. The van der Waals surface area contributed by atoms with Gasteiger partial charge in [-0.05, 0) is 42.9 Å². The summed E-state index contributed by atoms with van der Waals surface area (Å²) in [5.41, 5.74) is 0.301. The summed E-state index contributed by atoms with van der Waals surface area (Å²) in [4.78, 5) is 0. The van der Waals surface area contributed by atoms with Crippen LogP contribution < -0.4 is 5.32 Å². The molecule has 0 aromatic heterocycles. The SMILES string of the molecule is CCNC(C1CCOC2(CCSC2)C1)C(OC)C(C)(C)C. The van der Waals surface area contributed by atoms with Crippen molar-refractivity contribution < 1.29 is 9.47 Å². The van der Waals surface area contributed by atoms with Gasteiger partial charge >= 0.3 is 0 Å². The molecule has 4 heteroatoms. The van der Waals surface area contributed by atoms with Crippen molar-refractivity contribution in [2.45, 2.75) is 64.7 Å². The maximum atomic E-state index is 6.19. The van der Waals surface area contributed by atoms with Gasteiger partial charge in [0.05, 0.1) is 11.7 Å². The minimum absolute atomic E-state index is 0.150. The first kappa shape index (κ1) is 17.6. The van der Waals surface area contributed by atoms with Crippen molar-refractivity contribution in [1.29, 1.82) is 0 Å². The van der Waals surface area contributed by atoms with Gasteiger partial charge in [-0.2, -0.15) is 11.8 Å². The minimum atomic E-state index is 0.150. The van der Waals surface area contributed by atoms with Crippen molar-refractivity contribution in [1.82, 2.24) is 5.32 Å². The van der Waals surface area contributed by atoms with Crippen LogP contribution in [-0.2, 0) is 9.47 Å². The molecular weight excluding hydrogens is 282 g/mol. The Balaban J connectivity index is 2.13. The predicted octanol–water partition coefficient (Wildman–Crippen LogP) is 3.33. The predicted molar refractivity (Wildman–Crippen MR) is 91.1 cm³/mol. The molecule has 124 valence electrons. The van der Waals surface area contributed by atoms with Gasteiger partial charge in [0, 0.05) is 25.5 Å². The lowest BCUT2D eigenvalue weighted by atomic mass is 9.74. The first-order valence-electron chi connectivity index (χ1n) is 8.40. The molecule has 2 saturated heterocycles. The van der Waals surface area contributed by atoms with Gasteiger partial charge in [0.2, 0.25) is 0 Å². The van der Waals surface area contributed by atoms with E-state index in [4.69, 9.17) is 9.47 Å². The summed E-state index contributed by atoms with van der Waals surface area (Å²) in [5, 5.41) is 3.73. The normalized spacial score (nSPS) is 33.3. The van der Waals surface area contributed by atoms with Gasteiger partial charge in [-0.1, -0.05) is 27.7 Å². The summed E-state index contributed by atoms with van der Waals surface area (Å²) < 4.78 is 12.1. The summed E-state index contributed by atoms with van der Waals surface area (Å²) in [5.74, 6) is 3.09. The van der Waals surface area contributed by atoms with E-state index in [9.17, 15) is 0 Å². The fourth-order valence-corrected chi connectivity index (χ4v) is 5.41. The third kappa shape index (κ3) is 4.15. The zero-order chi connectivity index (χ0) is 15.5. The van der Waals surface area contributed by atoms with Crippen LogP contribution in [0.25, 0.3) is 0 Å². The van der Waals surface area contributed by atoms with Crippen LogP contribution in [0.15, 0.2) is 0 Å². The first-order chi connectivity index (χ1) is 9.92. The van der Waals surface area contributed by atoms with E-state index < -0.39 is 0 Å². The number of nitrogens with one attached hydrogen (secondary N) is 1. The van der Waals surface area contributed by atoms with Gasteiger partial charge in [-0.15, -0.1) is 0 Å². The zero-order valence-corrected chi connectivity index (χ0v) is 15.2. The Hall–Kier alpha value is 0.230. The second kappa shape index (κ2) is 7.20. The second-order valence-corrected chi connectivity index (χ2v) is 8.80. The van der Waals surface area contributed by atoms with Crippen LogP contribution in [0.1, 0.15) is 47.0 Å². The molecule has 2 aliphatic rings. The molecule has 0 aliphatic carbocycles. The number of thioether (sulfide) groups is 1. The van der Waals surface area contributed by atoms with E-state index in [1.54, 1.807) is 0 Å². The summed E-state index contributed by atoms with van der Waals surface area (Å²) in [6.45, 7) is 11.0. The van der Waals surface area contributed by atoms with Crippen LogP contribution in [-0.4, -0.2) is 49.5 Å². The molecule has 0 amide bonds. The maximum Gasteiger partial charge on any atom is 0.0783 e. The molecule has 4 atom stereocenters. The number of ether oxygens (including phenoxy) is 2. The number of methoxy groups -OCH3 is 1. The number of hydrogen-bond acceptors (Lipinski definition) is 4. The van der Waals surface area contributed by atoms with E-state index in [1.807, 2.05) is 18.9 Å². The highest BCUT2D eigenvalue weighted by molar-refractivity contribution is 7.99. The molecule has 0 radical (unpaired) electrons. The van der Waals surface area contributed by atoms with Crippen LogP contribution in [0.4, 0.5) is 0 Å². The third-order valence-electron chi connectivity index (χ3n) is 4.98. The van der Waals surface area contributed by atoms with E-state index in [0.717, 1.165) is 19.6 Å². The van der Waals surface area contributed by atoms with Crippen molar-refractivity contribution in [3.8, 4) is 0 Å². The molecule has 2 heterocycles. The van der Waals surface area contributed by atoms with Gasteiger partial charge in [0.25, 0.3) is 0 Å². The van der Waals surface area contributed by atoms with Gasteiger partial charge < -0.3 is 14.8 Å². The quantitative estimate of drug-likeness (QED) is 0.843. The molecule has 2 rings (SSSR count). The molecule has 0 aromatic rings. The molecule has 1 N–H and O–H groups in total. The maximum absolute atomic E-state index is 6.19. The zero-order valence-electron chi connectivity index (χ0n) is 14.4. The average molecular weight is 316 g/mol. The van der Waals surface area contributed by atoms with Gasteiger partial charge in [-0.25, -0.2) is 0 Å². The lowest BCUT2D eigenvalue weighted by Crippen LogP contribution is -2.55. The molecule has 2 aliphatic heterocycles. The van der Waals surface area contributed by atoms with Gasteiger partial charge in [0.15, 0.2) is 0 Å². The fourth-order valence-electron chi connectivity index (χ4n) is 4.03. The van der Waals surface area contributed by atoms with E-state index in [-0.39, 0.29) is 17.1 Å². The highest BCUT2D eigenvalue weighted by Crippen LogP contribution is 2.43. The average Bonchev–Trinajstić information content (AvgIpc) is 2.85. The Labute approximate surface area is 134 Å². The molecule has 4 unspecified atom stereocenters. The Morgan fingerprint density at radius 2 is 2.19 bits per heavy atom. The number of rotatable bonds is 5. The standard InChI is InChI=1S/C17H33NO2S/c1-6-18-14(15(19-5)16(2,3)4)13-7-9-20-17(11-13)8-10-21-12-17/h13-15,18H,6-12H2,1-5H3. The summed E-state index contributed by atoms with van der Waals surface area (Å²) in [6.07, 6.45) is 3.81. The Morgan fingerprint density at radius 3 is 2.71 bits per heavy atom. The topological polar surface area (TPSA) is 30.5 Å². The van der Waals surface area contributed by atoms with Crippen molar-refractivity contribution in [2.24, 2.45) is 11.3 Å². The molecule has 0 aromatic carbocycles. The molecule has 0 bridgehead atoms. The Morgan fingerprint density at radius 1 is 1.43 bits per heavy atom. The van der Waals surface area contributed by atoms with Crippen molar-refractivity contribution >= 4 is 11.8 Å². The summed E-state index contributed by atoms with van der Waals surface area (Å²) in [6, 6.07) is 0.423. The van der Waals surface area contributed by atoms with E-state index >= 15 is 0 Å². The van der Waals surface area contributed by atoms with Crippen LogP contribution in [0.2, 0.25) is 0 Å². The van der Waals surface area contributed by atoms with E-state index in [2.05, 4.69) is 33.0 Å². The van der Waals surface area contributed by atoms with Crippen LogP contribution in [0, 0.1) is 11.3 Å². The highest BCUT2D eigenvalue weighted by atomic mass is 32.2. The van der Waals surface area contributed by atoms with Crippen LogP contribution in [0.3, 0.4) is 0 Å². The van der Waals surface area contributed by atoms with E-state index in [1.165, 1.54) is 24.3 Å². The Kier molecular flexibility index (Phi) is 6.03. The molecule has 1 spiro atoms. The number of hydrogen-bond donors (Lipinski definition) is 1. The fraction of sp³-hybridized carbons (Fsp3) is 1.00. The van der Waals surface area contributed by atoms with E-state index in [0.29, 0.717) is 12.0 Å². The molecule has 2 fully saturated rings. The van der Waals surface area contributed by atoms with Crippen LogP contribution >= 0.6 is 11.8 Å². The lowest BCUT2D eigenvalue weighted by molar-refractivity contribution is -0.105. The molecule has 0 saturated carbocycles. The lowest BCUT2D eigenvalue weighted by Gasteiger charge is -2.46. The molecule has 21 heavy (non-hydrogen) atoms. The highest BCUT2D eigenvalue weighted by Gasteiger charge is 2.45. The first-order valence-corrected chi connectivity index (χ1v) is 9.55. The van der Waals surface area contributed by atoms with Gasteiger partial charge in [0.1, 0.15) is 0 Å². The van der Waals surface area contributed by atoms with Crippen molar-refractivity contribution in [2.75, 3.05) is 31.8 Å². The van der Waals surface area contributed by atoms with Crippen molar-refractivity contribution in [3.63, 3.8) is 0 Å².